The average Bonchev–Trinajstić information content (AvgIpc) is 3.23. The van der Waals surface area contributed by atoms with E-state index in [0.29, 0.717) is 19.5 Å². The largest absolute Gasteiger partial charge is 0.332 e. The Hall–Kier alpha value is -2.14. The molecule has 0 bridgehead atoms. The van der Waals surface area contributed by atoms with Crippen molar-refractivity contribution < 1.29 is 9.59 Å². The van der Waals surface area contributed by atoms with Crippen molar-refractivity contribution in [3.8, 4) is 0 Å². The zero-order valence-electron chi connectivity index (χ0n) is 17.3. The van der Waals surface area contributed by atoms with Crippen molar-refractivity contribution in [2.75, 3.05) is 6.54 Å². The maximum Gasteiger partial charge on any atom is 0.242 e. The number of unbranched alkanes of at least 4 members (excludes halogenated alkanes) is 1. The summed E-state index contributed by atoms with van der Waals surface area (Å²) in [4.78, 5) is 30.7. The van der Waals surface area contributed by atoms with Crippen molar-refractivity contribution in [2.24, 2.45) is 0 Å². The molecular weight excluding hydrogens is 368 g/mol. The summed E-state index contributed by atoms with van der Waals surface area (Å²) in [5.41, 5.74) is 1.10. The van der Waals surface area contributed by atoms with Gasteiger partial charge in [0, 0.05) is 23.9 Å². The summed E-state index contributed by atoms with van der Waals surface area (Å²) < 4.78 is 0. The summed E-state index contributed by atoms with van der Waals surface area (Å²) in [5, 5.41) is 2.03. The van der Waals surface area contributed by atoms with Crippen molar-refractivity contribution in [2.45, 2.75) is 65.6 Å². The monoisotopic (exact) mass is 400 g/mol. The van der Waals surface area contributed by atoms with Gasteiger partial charge in [-0.3, -0.25) is 9.59 Å². The van der Waals surface area contributed by atoms with Gasteiger partial charge in [0.2, 0.25) is 11.8 Å². The minimum atomic E-state index is 0.00222. The number of amides is 2. The molecule has 0 spiro atoms. The summed E-state index contributed by atoms with van der Waals surface area (Å²) in [5.74, 6) is 0.0859. The van der Waals surface area contributed by atoms with Gasteiger partial charge in [0.1, 0.15) is 6.54 Å². The zero-order chi connectivity index (χ0) is 20.4. The van der Waals surface area contributed by atoms with Gasteiger partial charge in [-0.1, -0.05) is 56.7 Å². The first-order valence-corrected chi connectivity index (χ1v) is 11.1. The van der Waals surface area contributed by atoms with E-state index in [4.69, 9.17) is 0 Å². The molecule has 1 atom stereocenters. The van der Waals surface area contributed by atoms with Gasteiger partial charge < -0.3 is 9.80 Å². The molecule has 0 saturated heterocycles. The highest BCUT2D eigenvalue weighted by atomic mass is 32.1. The molecule has 2 rings (SSSR count). The van der Waals surface area contributed by atoms with Crippen LogP contribution in [0.4, 0.5) is 0 Å². The summed E-state index contributed by atoms with van der Waals surface area (Å²) in [7, 11) is 0. The maximum atomic E-state index is 13.2. The fourth-order valence-corrected chi connectivity index (χ4v) is 3.77. The Labute approximate surface area is 173 Å². The number of nitrogens with zero attached hydrogens (tertiary/aromatic N) is 2. The third kappa shape index (κ3) is 6.79. The third-order valence-corrected chi connectivity index (χ3v) is 5.85. The number of thiophene rings is 1. The second-order valence-electron chi connectivity index (χ2n) is 7.20. The number of hydrogen-bond donors (Lipinski definition) is 0. The molecule has 5 heteroatoms. The van der Waals surface area contributed by atoms with Gasteiger partial charge in [-0.05, 0) is 36.8 Å². The van der Waals surface area contributed by atoms with Gasteiger partial charge >= 0.3 is 0 Å². The maximum absolute atomic E-state index is 13.2. The fourth-order valence-electron chi connectivity index (χ4n) is 3.05. The smallest absolute Gasteiger partial charge is 0.242 e. The van der Waals surface area contributed by atoms with Gasteiger partial charge in [-0.2, -0.15) is 0 Å². The van der Waals surface area contributed by atoms with Gasteiger partial charge in [-0.25, -0.2) is 0 Å². The van der Waals surface area contributed by atoms with Crippen molar-refractivity contribution in [1.29, 1.82) is 0 Å². The van der Waals surface area contributed by atoms with E-state index in [-0.39, 0.29) is 24.4 Å². The van der Waals surface area contributed by atoms with E-state index >= 15 is 0 Å². The zero-order valence-corrected chi connectivity index (χ0v) is 18.1. The SMILES string of the molecule is CCCCC(=O)N(CC(=O)N(Cc1ccccc1)Cc1cccs1)C(C)CC. The molecular formula is C23H32N2O2S. The molecule has 1 heterocycles. The number of benzene rings is 1. The first-order chi connectivity index (χ1) is 13.5. The van der Waals surface area contributed by atoms with Crippen LogP contribution in [0.15, 0.2) is 47.8 Å². The summed E-state index contributed by atoms with van der Waals surface area (Å²) in [6.45, 7) is 7.43. The first-order valence-electron chi connectivity index (χ1n) is 10.2. The highest BCUT2D eigenvalue weighted by molar-refractivity contribution is 7.09. The molecule has 1 aromatic heterocycles. The molecule has 0 N–H and O–H groups in total. The Bertz CT molecular complexity index is 715. The van der Waals surface area contributed by atoms with Crippen molar-refractivity contribution >= 4 is 23.2 Å². The van der Waals surface area contributed by atoms with Crippen LogP contribution in [0, 0.1) is 0 Å². The van der Waals surface area contributed by atoms with E-state index in [1.54, 1.807) is 16.2 Å². The van der Waals surface area contributed by atoms with Crippen LogP contribution in [0.3, 0.4) is 0 Å². The molecule has 0 aliphatic rings. The Kier molecular flexibility index (Phi) is 9.21. The Morgan fingerprint density at radius 1 is 1.00 bits per heavy atom. The van der Waals surface area contributed by atoms with E-state index in [1.165, 1.54) is 0 Å². The molecule has 0 fully saturated rings. The standard InChI is InChI=1S/C23H32N2O2S/c1-4-6-14-22(26)25(19(3)5-2)18-23(27)24(17-21-13-10-15-28-21)16-20-11-8-7-9-12-20/h7-13,15,19H,4-6,14,16-18H2,1-3H3. The lowest BCUT2D eigenvalue weighted by Gasteiger charge is -2.31. The second-order valence-corrected chi connectivity index (χ2v) is 8.23. The molecule has 4 nitrogen and oxygen atoms in total. The Morgan fingerprint density at radius 3 is 2.36 bits per heavy atom. The van der Waals surface area contributed by atoms with Crippen molar-refractivity contribution in [1.82, 2.24) is 9.80 Å². The topological polar surface area (TPSA) is 40.6 Å². The summed E-state index contributed by atoms with van der Waals surface area (Å²) in [6.07, 6.45) is 3.20. The van der Waals surface area contributed by atoms with Crippen LogP contribution in [0.2, 0.25) is 0 Å². The highest BCUT2D eigenvalue weighted by Crippen LogP contribution is 2.16. The number of carbonyl (C=O) groups is 2. The Morgan fingerprint density at radius 2 is 1.75 bits per heavy atom. The van der Waals surface area contributed by atoms with Gasteiger partial charge in [-0.15, -0.1) is 11.3 Å². The number of hydrogen-bond acceptors (Lipinski definition) is 3. The van der Waals surface area contributed by atoms with Crippen LogP contribution < -0.4 is 0 Å². The normalized spacial score (nSPS) is 11.8. The van der Waals surface area contributed by atoms with Crippen LogP contribution >= 0.6 is 11.3 Å². The lowest BCUT2D eigenvalue weighted by Crippen LogP contribution is -2.46. The molecule has 2 aromatic rings. The molecule has 0 radical (unpaired) electrons. The van der Waals surface area contributed by atoms with Crippen molar-refractivity contribution in [3.05, 3.63) is 58.3 Å². The average molecular weight is 401 g/mol. The minimum Gasteiger partial charge on any atom is -0.332 e. The molecule has 0 aliphatic carbocycles. The van der Waals surface area contributed by atoms with Crippen LogP contribution in [0.25, 0.3) is 0 Å². The molecule has 1 unspecified atom stereocenters. The quantitative estimate of drug-likeness (QED) is 0.527. The first kappa shape index (κ1) is 22.2. The van der Waals surface area contributed by atoms with Crippen LogP contribution in [0.1, 0.15) is 56.9 Å². The predicted molar refractivity (Wildman–Crippen MR) is 116 cm³/mol. The third-order valence-electron chi connectivity index (χ3n) is 4.99. The van der Waals surface area contributed by atoms with Gasteiger partial charge in [0.25, 0.3) is 0 Å². The number of rotatable bonds is 11. The molecule has 28 heavy (non-hydrogen) atoms. The van der Waals surface area contributed by atoms with E-state index in [9.17, 15) is 9.59 Å². The van der Waals surface area contributed by atoms with Crippen LogP contribution in [-0.2, 0) is 22.7 Å². The van der Waals surface area contributed by atoms with Gasteiger partial charge in [0.15, 0.2) is 0 Å². The molecule has 0 aliphatic heterocycles. The molecule has 2 amide bonds. The lowest BCUT2D eigenvalue weighted by molar-refractivity contribution is -0.143. The Balaban J connectivity index is 2.14. The molecule has 0 saturated carbocycles. The number of carbonyl (C=O) groups excluding carboxylic acids is 2. The molecule has 152 valence electrons. The summed E-state index contributed by atoms with van der Waals surface area (Å²) in [6, 6.07) is 14.1. The van der Waals surface area contributed by atoms with E-state index in [2.05, 4.69) is 19.9 Å². The predicted octanol–water partition coefficient (Wildman–Crippen LogP) is 5.09. The van der Waals surface area contributed by atoms with E-state index < -0.39 is 0 Å². The fraction of sp³-hybridized carbons (Fsp3) is 0.478. The highest BCUT2D eigenvalue weighted by Gasteiger charge is 2.24. The van der Waals surface area contributed by atoms with Gasteiger partial charge in [0.05, 0.1) is 6.54 Å². The van der Waals surface area contributed by atoms with E-state index in [0.717, 1.165) is 29.7 Å². The second kappa shape index (κ2) is 11.6. The lowest BCUT2D eigenvalue weighted by atomic mass is 10.1. The minimum absolute atomic E-state index is 0.00222. The van der Waals surface area contributed by atoms with Crippen LogP contribution in [0.5, 0.6) is 0 Å². The van der Waals surface area contributed by atoms with Crippen LogP contribution in [-0.4, -0.2) is 34.2 Å². The van der Waals surface area contributed by atoms with Crippen molar-refractivity contribution in [3.63, 3.8) is 0 Å². The van der Waals surface area contributed by atoms with E-state index in [1.807, 2.05) is 53.6 Å². The molecule has 1 aromatic carbocycles. The summed E-state index contributed by atoms with van der Waals surface area (Å²) >= 11 is 1.65.